The number of aryl methyl sites for hydroxylation is 1. The van der Waals surface area contributed by atoms with Crippen molar-refractivity contribution in [3.05, 3.63) is 29.3 Å². The highest BCUT2D eigenvalue weighted by molar-refractivity contribution is 5.68. The Morgan fingerprint density at radius 2 is 2.05 bits per heavy atom. The summed E-state index contributed by atoms with van der Waals surface area (Å²) in [6.07, 6.45) is 1.91. The average Bonchev–Trinajstić information content (AvgIpc) is 2.45. The van der Waals surface area contributed by atoms with Crippen LogP contribution in [0.2, 0.25) is 0 Å². The molecule has 0 aromatic heterocycles. The van der Waals surface area contributed by atoms with Crippen LogP contribution in [0.15, 0.2) is 18.2 Å². The number of hydrogen-bond acceptors (Lipinski definition) is 3. The first-order chi connectivity index (χ1) is 10.3. The number of amides is 1. The van der Waals surface area contributed by atoms with Crippen molar-refractivity contribution in [1.82, 2.24) is 4.90 Å². The third-order valence-electron chi connectivity index (χ3n) is 3.99. The summed E-state index contributed by atoms with van der Waals surface area (Å²) in [5.74, 6) is 1.24. The Morgan fingerprint density at radius 3 is 2.64 bits per heavy atom. The SMILES string of the molecule is COc1ccc(C2CCCN(C(=O)OC(C)(C)C)C2)c(C)c1. The summed E-state index contributed by atoms with van der Waals surface area (Å²) in [4.78, 5) is 14.1. The minimum atomic E-state index is -0.444. The Bertz CT molecular complexity index is 534. The van der Waals surface area contributed by atoms with E-state index in [-0.39, 0.29) is 6.09 Å². The van der Waals surface area contributed by atoms with E-state index in [1.165, 1.54) is 11.1 Å². The van der Waals surface area contributed by atoms with E-state index in [9.17, 15) is 4.79 Å². The molecular weight excluding hydrogens is 278 g/mol. The topological polar surface area (TPSA) is 38.8 Å². The predicted molar refractivity (Wildman–Crippen MR) is 87.5 cm³/mol. The van der Waals surface area contributed by atoms with Crippen molar-refractivity contribution in [1.29, 1.82) is 0 Å². The first-order valence-corrected chi connectivity index (χ1v) is 7.92. The first-order valence-electron chi connectivity index (χ1n) is 7.92. The fraction of sp³-hybridized carbons (Fsp3) is 0.611. The second-order valence-corrected chi connectivity index (χ2v) is 6.99. The summed E-state index contributed by atoms with van der Waals surface area (Å²) in [5.41, 5.74) is 2.07. The fourth-order valence-corrected chi connectivity index (χ4v) is 2.96. The molecule has 0 N–H and O–H groups in total. The van der Waals surface area contributed by atoms with Crippen LogP contribution in [0.3, 0.4) is 0 Å². The highest BCUT2D eigenvalue weighted by atomic mass is 16.6. The third-order valence-corrected chi connectivity index (χ3v) is 3.99. The lowest BCUT2D eigenvalue weighted by molar-refractivity contribution is 0.0198. The van der Waals surface area contributed by atoms with E-state index in [4.69, 9.17) is 9.47 Å². The molecule has 0 spiro atoms. The van der Waals surface area contributed by atoms with Gasteiger partial charge in [-0.2, -0.15) is 0 Å². The molecule has 4 nitrogen and oxygen atoms in total. The van der Waals surface area contributed by atoms with Gasteiger partial charge in [0, 0.05) is 19.0 Å². The summed E-state index contributed by atoms with van der Waals surface area (Å²) in [6.45, 7) is 9.31. The fourth-order valence-electron chi connectivity index (χ4n) is 2.96. The highest BCUT2D eigenvalue weighted by Crippen LogP contribution is 2.31. The number of hydrogen-bond donors (Lipinski definition) is 0. The number of piperidine rings is 1. The van der Waals surface area contributed by atoms with Gasteiger partial charge in [0.05, 0.1) is 7.11 Å². The van der Waals surface area contributed by atoms with E-state index in [1.54, 1.807) is 7.11 Å². The van der Waals surface area contributed by atoms with Crippen LogP contribution >= 0.6 is 0 Å². The number of likely N-dealkylation sites (tertiary alicyclic amines) is 1. The van der Waals surface area contributed by atoms with E-state index >= 15 is 0 Å². The number of methoxy groups -OCH3 is 1. The lowest BCUT2D eigenvalue weighted by Crippen LogP contribution is -2.42. The van der Waals surface area contributed by atoms with Crippen molar-refractivity contribution in [3.63, 3.8) is 0 Å². The standard InChI is InChI=1S/C18H27NO3/c1-13-11-15(21-5)8-9-16(13)14-7-6-10-19(12-14)17(20)22-18(2,3)4/h8-9,11,14H,6-7,10,12H2,1-5H3. The van der Waals surface area contributed by atoms with Crippen molar-refractivity contribution in [2.24, 2.45) is 0 Å². The minimum Gasteiger partial charge on any atom is -0.497 e. The molecule has 22 heavy (non-hydrogen) atoms. The molecule has 0 bridgehead atoms. The quantitative estimate of drug-likeness (QED) is 0.825. The zero-order valence-electron chi connectivity index (χ0n) is 14.3. The molecule has 1 heterocycles. The zero-order chi connectivity index (χ0) is 16.3. The second-order valence-electron chi connectivity index (χ2n) is 6.99. The molecule has 4 heteroatoms. The van der Waals surface area contributed by atoms with Gasteiger partial charge in [0.15, 0.2) is 0 Å². The summed E-state index contributed by atoms with van der Waals surface area (Å²) in [5, 5.41) is 0. The van der Waals surface area contributed by atoms with Gasteiger partial charge in [0.2, 0.25) is 0 Å². The first kappa shape index (κ1) is 16.7. The third kappa shape index (κ3) is 4.15. The monoisotopic (exact) mass is 305 g/mol. The molecular formula is C18H27NO3. The van der Waals surface area contributed by atoms with Crippen LogP contribution in [0.4, 0.5) is 4.79 Å². The van der Waals surface area contributed by atoms with E-state index in [0.717, 1.165) is 31.7 Å². The average molecular weight is 305 g/mol. The summed E-state index contributed by atoms with van der Waals surface area (Å²) >= 11 is 0. The molecule has 1 saturated heterocycles. The molecule has 1 aliphatic rings. The van der Waals surface area contributed by atoms with E-state index in [0.29, 0.717) is 5.92 Å². The maximum absolute atomic E-state index is 12.3. The lowest BCUT2D eigenvalue weighted by Gasteiger charge is -2.34. The van der Waals surface area contributed by atoms with Crippen molar-refractivity contribution in [2.45, 2.75) is 52.1 Å². The highest BCUT2D eigenvalue weighted by Gasteiger charge is 2.28. The van der Waals surface area contributed by atoms with Gasteiger partial charge in [-0.05, 0) is 63.8 Å². The second kappa shape index (κ2) is 6.59. The lowest BCUT2D eigenvalue weighted by atomic mass is 9.88. The smallest absolute Gasteiger partial charge is 0.410 e. The minimum absolute atomic E-state index is 0.205. The summed E-state index contributed by atoms with van der Waals surface area (Å²) in [6, 6.07) is 6.17. The van der Waals surface area contributed by atoms with Crippen molar-refractivity contribution >= 4 is 6.09 Å². The normalized spacial score (nSPS) is 19.0. The summed E-state index contributed by atoms with van der Waals surface area (Å²) < 4.78 is 10.8. The van der Waals surface area contributed by atoms with Gasteiger partial charge >= 0.3 is 6.09 Å². The van der Waals surface area contributed by atoms with E-state index < -0.39 is 5.60 Å². The molecule has 1 aromatic rings. The maximum Gasteiger partial charge on any atom is 0.410 e. The van der Waals surface area contributed by atoms with Crippen molar-refractivity contribution in [2.75, 3.05) is 20.2 Å². The maximum atomic E-state index is 12.3. The zero-order valence-corrected chi connectivity index (χ0v) is 14.3. The molecule has 1 unspecified atom stereocenters. The molecule has 0 radical (unpaired) electrons. The van der Waals surface area contributed by atoms with Crippen molar-refractivity contribution < 1.29 is 14.3 Å². The molecule has 0 saturated carbocycles. The molecule has 2 rings (SSSR count). The Kier molecular flexibility index (Phi) is 4.99. The van der Waals surface area contributed by atoms with Crippen LogP contribution in [0, 0.1) is 6.92 Å². The number of rotatable bonds is 2. The van der Waals surface area contributed by atoms with Gasteiger partial charge in [-0.1, -0.05) is 6.07 Å². The molecule has 1 fully saturated rings. The van der Waals surface area contributed by atoms with Crippen LogP contribution in [0.5, 0.6) is 5.75 Å². The Hall–Kier alpha value is -1.71. The summed E-state index contributed by atoms with van der Waals surface area (Å²) in [7, 11) is 1.68. The van der Waals surface area contributed by atoms with Gasteiger partial charge in [-0.3, -0.25) is 0 Å². The van der Waals surface area contributed by atoms with Gasteiger partial charge in [0.25, 0.3) is 0 Å². The molecule has 122 valence electrons. The van der Waals surface area contributed by atoms with Crippen LogP contribution in [0.25, 0.3) is 0 Å². The predicted octanol–water partition coefficient (Wildman–Crippen LogP) is 4.12. The van der Waals surface area contributed by atoms with Gasteiger partial charge in [-0.25, -0.2) is 4.79 Å². The van der Waals surface area contributed by atoms with Crippen LogP contribution in [-0.4, -0.2) is 36.8 Å². The molecule has 1 aromatic carbocycles. The van der Waals surface area contributed by atoms with E-state index in [1.807, 2.05) is 31.7 Å². The number of carbonyl (C=O) groups is 1. The Labute approximate surface area is 133 Å². The van der Waals surface area contributed by atoms with Gasteiger partial charge in [0.1, 0.15) is 11.4 Å². The van der Waals surface area contributed by atoms with Crippen molar-refractivity contribution in [3.8, 4) is 5.75 Å². The van der Waals surface area contributed by atoms with Gasteiger partial charge < -0.3 is 14.4 Å². The molecule has 1 amide bonds. The molecule has 1 aliphatic heterocycles. The number of benzene rings is 1. The van der Waals surface area contributed by atoms with Crippen LogP contribution < -0.4 is 4.74 Å². The molecule has 1 atom stereocenters. The van der Waals surface area contributed by atoms with Crippen LogP contribution in [-0.2, 0) is 4.74 Å². The van der Waals surface area contributed by atoms with Gasteiger partial charge in [-0.15, -0.1) is 0 Å². The molecule has 0 aliphatic carbocycles. The largest absolute Gasteiger partial charge is 0.497 e. The Balaban J connectivity index is 2.09. The Morgan fingerprint density at radius 1 is 1.32 bits per heavy atom. The number of carbonyl (C=O) groups excluding carboxylic acids is 1. The number of ether oxygens (including phenoxy) is 2. The van der Waals surface area contributed by atoms with Crippen LogP contribution in [0.1, 0.15) is 50.7 Å². The van der Waals surface area contributed by atoms with E-state index in [2.05, 4.69) is 19.1 Å². The number of nitrogens with zero attached hydrogens (tertiary/aromatic N) is 1.